The molecule has 7 heteroatoms. The topological polar surface area (TPSA) is 93.3 Å². The molecule has 0 bridgehead atoms. The summed E-state index contributed by atoms with van der Waals surface area (Å²) in [6, 6.07) is 18.0. The van der Waals surface area contributed by atoms with E-state index >= 15 is 0 Å². The fourth-order valence-electron chi connectivity index (χ4n) is 3.23. The van der Waals surface area contributed by atoms with Crippen LogP contribution < -0.4 is 11.1 Å². The number of hydrogen-bond donors (Lipinski definition) is 2. The summed E-state index contributed by atoms with van der Waals surface area (Å²) >= 11 is 0. The van der Waals surface area contributed by atoms with E-state index in [1.165, 1.54) is 12.4 Å². The molecule has 0 atom stereocenters. The summed E-state index contributed by atoms with van der Waals surface area (Å²) in [7, 11) is 1.58. The molecule has 0 radical (unpaired) electrons. The predicted octanol–water partition coefficient (Wildman–Crippen LogP) is 4.19. The van der Waals surface area contributed by atoms with Crippen LogP contribution >= 0.6 is 0 Å². The number of amidine groups is 1. The van der Waals surface area contributed by atoms with Gasteiger partial charge in [0, 0.05) is 53.3 Å². The summed E-state index contributed by atoms with van der Waals surface area (Å²) in [5.41, 5.74) is 9.53. The number of rotatable bonds is 4. The Balaban J connectivity index is 1.56. The van der Waals surface area contributed by atoms with Gasteiger partial charge in [0.15, 0.2) is 0 Å². The average Bonchev–Trinajstić information content (AvgIpc) is 2.83. The summed E-state index contributed by atoms with van der Waals surface area (Å²) in [5.74, 6) is -0.414. The first-order valence-corrected chi connectivity index (χ1v) is 9.85. The van der Waals surface area contributed by atoms with Gasteiger partial charge in [-0.2, -0.15) is 0 Å². The van der Waals surface area contributed by atoms with Gasteiger partial charge in [-0.25, -0.2) is 4.39 Å². The quantitative estimate of drug-likeness (QED) is 0.379. The number of pyridine rings is 2. The van der Waals surface area contributed by atoms with Crippen LogP contribution in [0.4, 0.5) is 4.39 Å². The fraction of sp³-hybridized carbons (Fsp3) is 0.0400. The Morgan fingerprint density at radius 2 is 1.88 bits per heavy atom. The molecular weight excluding hydrogens is 405 g/mol. The molecule has 2 aromatic carbocycles. The van der Waals surface area contributed by atoms with Crippen LogP contribution in [0.25, 0.3) is 27.7 Å². The molecule has 0 aliphatic rings. The first kappa shape index (κ1) is 20.9. The van der Waals surface area contributed by atoms with Crippen molar-refractivity contribution in [3.8, 4) is 11.1 Å². The Morgan fingerprint density at radius 3 is 2.62 bits per heavy atom. The van der Waals surface area contributed by atoms with Gasteiger partial charge in [0.2, 0.25) is 0 Å². The zero-order chi connectivity index (χ0) is 22.5. The van der Waals surface area contributed by atoms with Crippen LogP contribution in [-0.4, -0.2) is 28.8 Å². The van der Waals surface area contributed by atoms with Gasteiger partial charge in [0.1, 0.15) is 11.7 Å². The molecule has 6 nitrogen and oxygen atoms in total. The highest BCUT2D eigenvalue weighted by atomic mass is 19.1. The van der Waals surface area contributed by atoms with Crippen LogP contribution in [0.5, 0.6) is 0 Å². The Morgan fingerprint density at radius 1 is 1.06 bits per heavy atom. The number of nitrogens with zero attached hydrogens (tertiary/aromatic N) is 3. The molecule has 0 unspecified atom stereocenters. The molecule has 4 rings (SSSR count). The lowest BCUT2D eigenvalue weighted by Crippen LogP contribution is -2.29. The average molecular weight is 425 g/mol. The van der Waals surface area contributed by atoms with E-state index in [1.807, 2.05) is 36.4 Å². The molecule has 3 N–H and O–H groups in total. The number of hydrogen-bond acceptors (Lipinski definition) is 5. The van der Waals surface area contributed by atoms with Gasteiger partial charge in [-0.05, 0) is 29.8 Å². The third-order valence-electron chi connectivity index (χ3n) is 4.91. The third-order valence-corrected chi connectivity index (χ3v) is 4.91. The molecule has 2 aromatic heterocycles. The number of aromatic nitrogens is 2. The summed E-state index contributed by atoms with van der Waals surface area (Å²) < 4.78 is 14.0. The van der Waals surface area contributed by atoms with Crippen LogP contribution in [0, 0.1) is 5.82 Å². The number of carbonyl (C=O) groups is 1. The number of nitrogens with one attached hydrogen (secondary N) is 1. The molecule has 0 saturated heterocycles. The lowest BCUT2D eigenvalue weighted by molar-refractivity contribution is 0.0977. The van der Waals surface area contributed by atoms with E-state index in [4.69, 9.17) is 5.73 Å². The van der Waals surface area contributed by atoms with Gasteiger partial charge in [-0.1, -0.05) is 36.4 Å². The smallest absolute Gasteiger partial charge is 0.256 e. The Bertz CT molecular complexity index is 1350. The zero-order valence-corrected chi connectivity index (χ0v) is 17.3. The lowest BCUT2D eigenvalue weighted by atomic mass is 10.0. The second-order valence-corrected chi connectivity index (χ2v) is 7.02. The van der Waals surface area contributed by atoms with E-state index in [-0.39, 0.29) is 5.91 Å². The molecule has 32 heavy (non-hydrogen) atoms. The molecule has 0 saturated carbocycles. The van der Waals surface area contributed by atoms with Crippen molar-refractivity contribution in [1.82, 2.24) is 15.3 Å². The normalized spacial score (nSPS) is 12.1. The maximum absolute atomic E-state index is 14.0. The van der Waals surface area contributed by atoms with Crippen molar-refractivity contribution >= 4 is 28.3 Å². The Kier molecular flexibility index (Phi) is 5.98. The van der Waals surface area contributed by atoms with Crippen LogP contribution in [0.3, 0.4) is 0 Å². The first-order valence-electron chi connectivity index (χ1n) is 9.85. The molecule has 0 spiro atoms. The molecule has 2 heterocycles. The molecule has 0 aliphatic carbocycles. The number of halogens is 1. The molecule has 1 amide bonds. The van der Waals surface area contributed by atoms with Crippen molar-refractivity contribution in [3.63, 3.8) is 0 Å². The van der Waals surface area contributed by atoms with Crippen molar-refractivity contribution in [1.29, 1.82) is 0 Å². The van der Waals surface area contributed by atoms with E-state index in [1.54, 1.807) is 43.6 Å². The third kappa shape index (κ3) is 4.52. The lowest BCUT2D eigenvalue weighted by Gasteiger charge is -2.08. The number of aliphatic imine (C=N–C) groups is 1. The first-order chi connectivity index (χ1) is 15.5. The van der Waals surface area contributed by atoms with Crippen LogP contribution in [-0.2, 0) is 0 Å². The summed E-state index contributed by atoms with van der Waals surface area (Å²) in [4.78, 5) is 25.0. The van der Waals surface area contributed by atoms with Gasteiger partial charge in [-0.3, -0.25) is 19.8 Å². The summed E-state index contributed by atoms with van der Waals surface area (Å²) in [6.07, 6.45) is 5.88. The SMILES string of the molecule is CN=C(C=C(N)c1ccccc1)NC(=O)c1ccc2cc(-c3ccncc3F)cnc2c1. The summed E-state index contributed by atoms with van der Waals surface area (Å²) in [6.45, 7) is 0. The van der Waals surface area contributed by atoms with Crippen molar-refractivity contribution in [2.75, 3.05) is 7.05 Å². The predicted molar refractivity (Wildman–Crippen MR) is 124 cm³/mol. The number of carbonyl (C=O) groups excluding carboxylic acids is 1. The van der Waals surface area contributed by atoms with Crippen LogP contribution in [0.15, 0.2) is 90.3 Å². The zero-order valence-electron chi connectivity index (χ0n) is 17.3. The van der Waals surface area contributed by atoms with Gasteiger partial charge in [-0.15, -0.1) is 0 Å². The van der Waals surface area contributed by atoms with Gasteiger partial charge in [0.25, 0.3) is 5.91 Å². The van der Waals surface area contributed by atoms with Crippen molar-refractivity contribution in [2.24, 2.45) is 10.7 Å². The Hall–Kier alpha value is -4.39. The standard InChI is InChI=1S/C25H20FN5O/c1-28-24(13-22(27)16-5-3-2-4-6-16)31-25(32)18-8-7-17-11-19(14-30-23(17)12-18)20-9-10-29-15-21(20)26/h2-15H,27H2,1H3,(H,28,31,32). The van der Waals surface area contributed by atoms with Crippen molar-refractivity contribution in [3.05, 3.63) is 102 Å². The number of fused-ring (bicyclic) bond motifs is 1. The second-order valence-electron chi connectivity index (χ2n) is 7.02. The van der Waals surface area contributed by atoms with Crippen LogP contribution in [0.2, 0.25) is 0 Å². The van der Waals surface area contributed by atoms with Crippen molar-refractivity contribution in [2.45, 2.75) is 0 Å². The van der Waals surface area contributed by atoms with E-state index < -0.39 is 5.82 Å². The maximum Gasteiger partial charge on any atom is 0.256 e. The van der Waals surface area contributed by atoms with E-state index in [0.29, 0.717) is 33.7 Å². The second kappa shape index (κ2) is 9.18. The van der Waals surface area contributed by atoms with Gasteiger partial charge in [0.05, 0.1) is 11.7 Å². The molecule has 4 aromatic rings. The van der Waals surface area contributed by atoms with Crippen molar-refractivity contribution < 1.29 is 9.18 Å². The number of nitrogens with two attached hydrogens (primary N) is 1. The molecule has 0 fully saturated rings. The highest BCUT2D eigenvalue weighted by Gasteiger charge is 2.11. The van der Waals surface area contributed by atoms with Gasteiger partial charge < -0.3 is 11.1 Å². The summed E-state index contributed by atoms with van der Waals surface area (Å²) in [5, 5.41) is 3.55. The van der Waals surface area contributed by atoms with Crippen LogP contribution in [0.1, 0.15) is 15.9 Å². The minimum Gasteiger partial charge on any atom is -0.398 e. The van der Waals surface area contributed by atoms with E-state index in [9.17, 15) is 9.18 Å². The monoisotopic (exact) mass is 425 g/mol. The minimum absolute atomic E-state index is 0.337. The molecular formula is C25H20FN5O. The highest BCUT2D eigenvalue weighted by Crippen LogP contribution is 2.25. The number of benzene rings is 2. The van der Waals surface area contributed by atoms with E-state index in [0.717, 1.165) is 10.9 Å². The molecule has 0 aliphatic heterocycles. The van der Waals surface area contributed by atoms with Gasteiger partial charge >= 0.3 is 0 Å². The molecule has 158 valence electrons. The minimum atomic E-state index is -0.418. The number of amides is 1. The van der Waals surface area contributed by atoms with E-state index in [2.05, 4.69) is 20.3 Å². The fourth-order valence-corrected chi connectivity index (χ4v) is 3.23. The Labute approximate surface area is 184 Å². The maximum atomic E-state index is 14.0. The highest BCUT2D eigenvalue weighted by molar-refractivity contribution is 6.12. The largest absolute Gasteiger partial charge is 0.398 e.